The summed E-state index contributed by atoms with van der Waals surface area (Å²) in [4.78, 5) is 16.1. The first-order valence-corrected chi connectivity index (χ1v) is 7.87. The Morgan fingerprint density at radius 3 is 2.86 bits per heavy atom. The van der Waals surface area contributed by atoms with Crippen molar-refractivity contribution in [2.45, 2.75) is 39.5 Å². The molecule has 5 nitrogen and oxygen atoms in total. The maximum absolute atomic E-state index is 11.6. The summed E-state index contributed by atoms with van der Waals surface area (Å²) in [6.07, 6.45) is -0.452. The van der Waals surface area contributed by atoms with Crippen LogP contribution in [0.3, 0.4) is 0 Å². The lowest BCUT2D eigenvalue weighted by Gasteiger charge is -2.19. The number of rotatable bonds is 4. The molecule has 2 N–H and O–H groups in total. The highest BCUT2D eigenvalue weighted by Crippen LogP contribution is 2.23. The van der Waals surface area contributed by atoms with Crippen LogP contribution < -0.4 is 5.32 Å². The van der Waals surface area contributed by atoms with Crippen LogP contribution in [0.5, 0.6) is 0 Å². The number of aliphatic hydroxyl groups excluding tert-OH is 1. The van der Waals surface area contributed by atoms with Gasteiger partial charge in [0.1, 0.15) is 10.6 Å². The number of carbonyl (C=O) groups is 1. The Balaban J connectivity index is 1.98. The molecule has 0 radical (unpaired) electrons. The van der Waals surface area contributed by atoms with Crippen LogP contribution in [0.4, 0.5) is 4.79 Å². The highest BCUT2D eigenvalue weighted by Gasteiger charge is 2.16. The van der Waals surface area contributed by atoms with Crippen LogP contribution in [-0.4, -0.2) is 21.8 Å². The highest BCUT2D eigenvalue weighted by molar-refractivity contribution is 7.09. The lowest BCUT2D eigenvalue weighted by molar-refractivity contribution is 0.0523. The van der Waals surface area contributed by atoms with Gasteiger partial charge in [-0.3, -0.25) is 0 Å². The standard InChI is InChI=1S/C16H20N2O3S/c1-16(2,3)21-15(20)17-8-14-18-13(10-22-14)12-6-4-5-11(7-12)9-19/h4-7,10,19H,8-9H2,1-3H3,(H,17,20). The number of thiazole rings is 1. The van der Waals surface area contributed by atoms with Gasteiger partial charge in [0, 0.05) is 10.9 Å². The van der Waals surface area contributed by atoms with E-state index < -0.39 is 11.7 Å². The van der Waals surface area contributed by atoms with E-state index in [1.54, 1.807) is 0 Å². The molecule has 1 aromatic heterocycles. The maximum Gasteiger partial charge on any atom is 0.408 e. The first-order valence-electron chi connectivity index (χ1n) is 6.99. The first kappa shape index (κ1) is 16.5. The van der Waals surface area contributed by atoms with Gasteiger partial charge in [0.15, 0.2) is 0 Å². The third kappa shape index (κ3) is 4.82. The fraction of sp³-hybridized carbons (Fsp3) is 0.375. The normalized spacial score (nSPS) is 11.3. The Labute approximate surface area is 134 Å². The Morgan fingerprint density at radius 1 is 1.41 bits per heavy atom. The summed E-state index contributed by atoms with van der Waals surface area (Å²) >= 11 is 1.47. The molecular formula is C16H20N2O3S. The average molecular weight is 320 g/mol. The van der Waals surface area contributed by atoms with Gasteiger partial charge in [-0.05, 0) is 32.4 Å². The van der Waals surface area contributed by atoms with Gasteiger partial charge in [0.25, 0.3) is 0 Å². The predicted molar refractivity (Wildman–Crippen MR) is 86.5 cm³/mol. The number of hydrogen-bond donors (Lipinski definition) is 2. The molecule has 0 atom stereocenters. The van der Waals surface area contributed by atoms with Crippen molar-refractivity contribution in [3.05, 3.63) is 40.2 Å². The van der Waals surface area contributed by atoms with E-state index in [1.165, 1.54) is 11.3 Å². The molecule has 6 heteroatoms. The zero-order valence-electron chi connectivity index (χ0n) is 12.9. The zero-order chi connectivity index (χ0) is 16.2. The molecule has 0 spiro atoms. The van der Waals surface area contributed by atoms with Crippen molar-refractivity contribution in [1.82, 2.24) is 10.3 Å². The van der Waals surface area contributed by atoms with E-state index in [0.29, 0.717) is 6.54 Å². The fourth-order valence-electron chi connectivity index (χ4n) is 1.82. The van der Waals surface area contributed by atoms with Crippen LogP contribution >= 0.6 is 11.3 Å². The van der Waals surface area contributed by atoms with E-state index in [0.717, 1.165) is 21.8 Å². The predicted octanol–water partition coefficient (Wildman–Crippen LogP) is 3.33. The second-order valence-electron chi connectivity index (χ2n) is 5.84. The molecule has 2 rings (SSSR count). The second kappa shape index (κ2) is 6.89. The SMILES string of the molecule is CC(C)(C)OC(=O)NCc1nc(-c2cccc(CO)c2)cs1. The average Bonchev–Trinajstić information content (AvgIpc) is 2.92. The van der Waals surface area contributed by atoms with Gasteiger partial charge in [0.2, 0.25) is 0 Å². The minimum atomic E-state index is -0.511. The largest absolute Gasteiger partial charge is 0.444 e. The Morgan fingerprint density at radius 2 is 2.18 bits per heavy atom. The van der Waals surface area contributed by atoms with Gasteiger partial charge < -0.3 is 15.2 Å². The Kier molecular flexibility index (Phi) is 5.15. The van der Waals surface area contributed by atoms with Crippen molar-refractivity contribution in [2.24, 2.45) is 0 Å². The number of amides is 1. The van der Waals surface area contributed by atoms with Crippen LogP contribution in [0, 0.1) is 0 Å². The zero-order valence-corrected chi connectivity index (χ0v) is 13.7. The number of alkyl carbamates (subject to hydrolysis) is 1. The molecule has 2 aromatic rings. The maximum atomic E-state index is 11.6. The van der Waals surface area contributed by atoms with Crippen LogP contribution in [0.25, 0.3) is 11.3 Å². The van der Waals surface area contributed by atoms with Gasteiger partial charge in [-0.2, -0.15) is 0 Å². The summed E-state index contributed by atoms with van der Waals surface area (Å²) in [7, 11) is 0. The summed E-state index contributed by atoms with van der Waals surface area (Å²) in [5.41, 5.74) is 2.12. The quantitative estimate of drug-likeness (QED) is 0.906. The van der Waals surface area contributed by atoms with Crippen molar-refractivity contribution in [3.63, 3.8) is 0 Å². The lowest BCUT2D eigenvalue weighted by atomic mass is 10.1. The molecule has 0 unspecified atom stereocenters. The molecule has 0 fully saturated rings. The lowest BCUT2D eigenvalue weighted by Crippen LogP contribution is -2.32. The number of aromatic nitrogens is 1. The summed E-state index contributed by atoms with van der Waals surface area (Å²) in [6.45, 7) is 5.80. The van der Waals surface area contributed by atoms with Gasteiger partial charge >= 0.3 is 6.09 Å². The van der Waals surface area contributed by atoms with Crippen molar-refractivity contribution in [2.75, 3.05) is 0 Å². The van der Waals surface area contributed by atoms with E-state index in [9.17, 15) is 9.90 Å². The van der Waals surface area contributed by atoms with Crippen molar-refractivity contribution in [3.8, 4) is 11.3 Å². The number of nitrogens with zero attached hydrogens (tertiary/aromatic N) is 1. The van der Waals surface area contributed by atoms with Gasteiger partial charge in [-0.25, -0.2) is 9.78 Å². The topological polar surface area (TPSA) is 71.5 Å². The molecule has 0 saturated carbocycles. The third-order valence-electron chi connectivity index (χ3n) is 2.74. The molecular weight excluding hydrogens is 300 g/mol. The van der Waals surface area contributed by atoms with E-state index in [2.05, 4.69) is 10.3 Å². The molecule has 0 aliphatic carbocycles. The third-order valence-corrected chi connectivity index (χ3v) is 3.59. The Hall–Kier alpha value is -1.92. The minimum Gasteiger partial charge on any atom is -0.444 e. The second-order valence-corrected chi connectivity index (χ2v) is 6.78. The molecule has 0 aliphatic heterocycles. The summed E-state index contributed by atoms with van der Waals surface area (Å²) < 4.78 is 5.18. The highest BCUT2D eigenvalue weighted by atomic mass is 32.1. The molecule has 0 aliphatic rings. The van der Waals surface area contributed by atoms with E-state index in [4.69, 9.17) is 4.74 Å². The van der Waals surface area contributed by atoms with Crippen LogP contribution in [0.2, 0.25) is 0 Å². The summed E-state index contributed by atoms with van der Waals surface area (Å²) in [5.74, 6) is 0. The molecule has 1 amide bonds. The number of hydrogen-bond acceptors (Lipinski definition) is 5. The monoisotopic (exact) mass is 320 g/mol. The molecule has 0 saturated heterocycles. The van der Waals surface area contributed by atoms with Crippen molar-refractivity contribution < 1.29 is 14.6 Å². The number of benzene rings is 1. The molecule has 1 aromatic carbocycles. The van der Waals surface area contributed by atoms with E-state index >= 15 is 0 Å². The van der Waals surface area contributed by atoms with Crippen molar-refractivity contribution in [1.29, 1.82) is 0 Å². The van der Waals surface area contributed by atoms with Gasteiger partial charge in [-0.15, -0.1) is 11.3 Å². The summed E-state index contributed by atoms with van der Waals surface area (Å²) in [5, 5.41) is 14.6. The number of aliphatic hydroxyl groups is 1. The number of ether oxygens (including phenoxy) is 1. The van der Waals surface area contributed by atoms with Gasteiger partial charge in [0.05, 0.1) is 18.8 Å². The minimum absolute atomic E-state index is 0.00499. The molecule has 1 heterocycles. The number of nitrogens with one attached hydrogen (secondary N) is 1. The van der Waals surface area contributed by atoms with E-state index in [-0.39, 0.29) is 6.61 Å². The fourth-order valence-corrected chi connectivity index (χ4v) is 2.56. The molecule has 118 valence electrons. The summed E-state index contributed by atoms with van der Waals surface area (Å²) in [6, 6.07) is 7.60. The van der Waals surface area contributed by atoms with Crippen LogP contribution in [0.15, 0.2) is 29.6 Å². The van der Waals surface area contributed by atoms with E-state index in [1.807, 2.05) is 50.4 Å². The molecule has 22 heavy (non-hydrogen) atoms. The number of carbonyl (C=O) groups excluding carboxylic acids is 1. The van der Waals surface area contributed by atoms with Crippen molar-refractivity contribution >= 4 is 17.4 Å². The molecule has 0 bridgehead atoms. The van der Waals surface area contributed by atoms with Crippen LogP contribution in [-0.2, 0) is 17.9 Å². The van der Waals surface area contributed by atoms with Crippen LogP contribution in [0.1, 0.15) is 31.3 Å². The Bertz CT molecular complexity index is 647. The smallest absolute Gasteiger partial charge is 0.408 e. The first-order chi connectivity index (χ1) is 10.4. The van der Waals surface area contributed by atoms with Gasteiger partial charge in [-0.1, -0.05) is 18.2 Å².